The van der Waals surface area contributed by atoms with E-state index < -0.39 is 85.5 Å². The summed E-state index contributed by atoms with van der Waals surface area (Å²) in [5.74, 6) is -16.0. The first-order valence-electron chi connectivity index (χ1n) is 8.07. The van der Waals surface area contributed by atoms with Crippen LogP contribution in [-0.2, 0) is 0 Å². The van der Waals surface area contributed by atoms with E-state index in [9.17, 15) is 39.5 Å². The van der Waals surface area contributed by atoms with Gasteiger partial charge in [-0.25, -0.2) is 39.5 Å². The molecule has 0 aliphatic rings. The van der Waals surface area contributed by atoms with Gasteiger partial charge in [0.1, 0.15) is 40.7 Å². The minimum atomic E-state index is -4.56. The van der Waals surface area contributed by atoms with Gasteiger partial charge in [0.25, 0.3) is 0 Å². The summed E-state index contributed by atoms with van der Waals surface area (Å²) in [6, 6.07) is 0.802. The van der Waals surface area contributed by atoms with E-state index in [4.69, 9.17) is 0 Å². The third-order valence-corrected chi connectivity index (χ3v) is 7.67. The van der Waals surface area contributed by atoms with Crippen molar-refractivity contribution >= 4 is 27.4 Å². The third-order valence-electron chi connectivity index (χ3n) is 4.33. The molecule has 0 amide bonds. The van der Waals surface area contributed by atoms with Crippen LogP contribution < -0.4 is 18.0 Å². The van der Waals surface area contributed by atoms with E-state index in [-0.39, 0.29) is 30.3 Å². The average molecular weight is 450 g/mol. The standard InChI is InChI=1S/C7H4F3O.2C6H2F3.Al/c1-11-7-3-5(9)4(8)2-6(7)10;2*7-4-1-5(8)3-6(9)2-4;/h3H,1H3;2*1-2H;. The smallest absolute Gasteiger partial charge is 0.412 e. The van der Waals surface area contributed by atoms with E-state index in [2.05, 4.69) is 4.74 Å². The summed E-state index contributed by atoms with van der Waals surface area (Å²) in [6.07, 6.45) is 0. The molecule has 0 aliphatic heterocycles. The summed E-state index contributed by atoms with van der Waals surface area (Å²) in [7, 11) is 0.869. The number of benzene rings is 3. The summed E-state index contributed by atoms with van der Waals surface area (Å²) in [6.45, 7) is 0. The fourth-order valence-corrected chi connectivity index (χ4v) is 6.18. The molecule has 0 atom stereocenters. The highest BCUT2D eigenvalue weighted by atomic mass is 27.2. The molecule has 0 unspecified atom stereocenters. The zero-order valence-electron chi connectivity index (χ0n) is 14.8. The molecule has 0 spiro atoms. The number of ether oxygens (including phenoxy) is 1. The largest absolute Gasteiger partial charge is 0.494 e. The van der Waals surface area contributed by atoms with Crippen LogP contribution in [0.5, 0.6) is 5.75 Å². The Labute approximate surface area is 167 Å². The molecule has 0 aliphatic carbocycles. The Morgan fingerprint density at radius 1 is 0.533 bits per heavy atom. The van der Waals surface area contributed by atoms with E-state index in [1.54, 1.807) is 0 Å². The number of hydrogen-bond donors (Lipinski definition) is 0. The van der Waals surface area contributed by atoms with E-state index in [0.29, 0.717) is 0 Å². The monoisotopic (exact) mass is 450 g/mol. The molecule has 0 N–H and O–H groups in total. The van der Waals surface area contributed by atoms with Gasteiger partial charge in [-0.1, -0.05) is 0 Å². The SMILES string of the molecule is COc1cc(F)c(F)[c]([Al]([c]2c(F)cc(F)cc2F)[c]2c(F)cc(F)cc2F)c1F. The minimum absolute atomic E-state index is 0.129. The first-order chi connectivity index (χ1) is 14.1. The van der Waals surface area contributed by atoms with Crippen LogP contribution in [0.2, 0.25) is 0 Å². The summed E-state index contributed by atoms with van der Waals surface area (Å²) in [4.78, 5) is 0. The molecule has 3 aromatic carbocycles. The zero-order valence-corrected chi connectivity index (χ0v) is 15.9. The van der Waals surface area contributed by atoms with Gasteiger partial charge >= 0.3 is 14.1 Å². The maximum Gasteiger partial charge on any atom is 0.412 e. The predicted molar refractivity (Wildman–Crippen MR) is 90.2 cm³/mol. The summed E-state index contributed by atoms with van der Waals surface area (Å²) in [5, 5.41) is 0. The molecule has 3 aromatic rings. The van der Waals surface area contributed by atoms with Crippen molar-refractivity contribution in [2.45, 2.75) is 0 Å². The van der Waals surface area contributed by atoms with Crippen LogP contribution in [0.3, 0.4) is 0 Å². The van der Waals surface area contributed by atoms with E-state index in [1.165, 1.54) is 0 Å². The van der Waals surface area contributed by atoms with Crippen molar-refractivity contribution in [2.24, 2.45) is 0 Å². The molecule has 0 bridgehead atoms. The molecule has 3 rings (SSSR count). The van der Waals surface area contributed by atoms with Gasteiger partial charge in [0, 0.05) is 30.3 Å². The zero-order chi connectivity index (χ0) is 22.3. The summed E-state index contributed by atoms with van der Waals surface area (Å²) in [5.41, 5.74) is 0. The number of rotatable bonds is 4. The second-order valence-corrected chi connectivity index (χ2v) is 8.70. The number of hydrogen-bond acceptors (Lipinski definition) is 1. The van der Waals surface area contributed by atoms with Crippen molar-refractivity contribution in [3.05, 3.63) is 82.7 Å². The van der Waals surface area contributed by atoms with Gasteiger partial charge in [-0.15, -0.1) is 0 Å². The van der Waals surface area contributed by atoms with Crippen LogP contribution in [0.25, 0.3) is 0 Å². The third kappa shape index (κ3) is 3.75. The maximum atomic E-state index is 14.9. The van der Waals surface area contributed by atoms with Crippen LogP contribution in [0.1, 0.15) is 0 Å². The molecule has 156 valence electrons. The molecular weight excluding hydrogens is 442 g/mol. The Balaban J connectivity index is 2.51. The molecule has 0 aromatic heterocycles. The van der Waals surface area contributed by atoms with Crippen molar-refractivity contribution < 1.29 is 44.3 Å². The van der Waals surface area contributed by atoms with E-state index in [1.807, 2.05) is 0 Å². The molecule has 0 saturated carbocycles. The first kappa shape index (κ1) is 22.1. The van der Waals surface area contributed by atoms with Gasteiger partial charge in [0.05, 0.1) is 7.11 Å². The van der Waals surface area contributed by atoms with Crippen LogP contribution in [-0.4, -0.2) is 21.3 Å². The quantitative estimate of drug-likeness (QED) is 0.336. The minimum Gasteiger partial charge on any atom is -0.494 e. The van der Waals surface area contributed by atoms with Crippen LogP contribution in [0.15, 0.2) is 30.3 Å². The molecule has 0 saturated heterocycles. The lowest BCUT2D eigenvalue weighted by Crippen LogP contribution is -2.59. The maximum absolute atomic E-state index is 14.9. The Bertz CT molecular complexity index is 1050. The van der Waals surface area contributed by atoms with Crippen molar-refractivity contribution in [3.8, 4) is 5.75 Å². The number of halogens is 9. The second-order valence-electron chi connectivity index (χ2n) is 6.10. The lowest BCUT2D eigenvalue weighted by Gasteiger charge is -2.19. The van der Waals surface area contributed by atoms with Gasteiger partial charge in [-0.05, 0) is 13.3 Å². The van der Waals surface area contributed by atoms with Gasteiger partial charge in [0.15, 0.2) is 17.4 Å². The molecule has 11 heteroatoms. The lowest BCUT2D eigenvalue weighted by atomic mass is 10.3. The molecule has 30 heavy (non-hydrogen) atoms. The fraction of sp³-hybridized carbons (Fsp3) is 0.0526. The van der Waals surface area contributed by atoms with E-state index >= 15 is 0 Å². The molecule has 0 radical (unpaired) electrons. The van der Waals surface area contributed by atoms with Crippen LogP contribution in [0.4, 0.5) is 39.5 Å². The van der Waals surface area contributed by atoms with E-state index in [0.717, 1.165) is 7.11 Å². The highest BCUT2D eigenvalue weighted by Gasteiger charge is 2.42. The lowest BCUT2D eigenvalue weighted by molar-refractivity contribution is 0.379. The predicted octanol–water partition coefficient (Wildman–Crippen LogP) is 3.46. The Kier molecular flexibility index (Phi) is 6.06. The van der Waals surface area contributed by atoms with Gasteiger partial charge < -0.3 is 4.74 Å². The van der Waals surface area contributed by atoms with Crippen LogP contribution in [0, 0.1) is 52.4 Å². The van der Waals surface area contributed by atoms with Crippen molar-refractivity contribution in [3.63, 3.8) is 0 Å². The molecule has 0 heterocycles. The Hall–Kier alpha value is -2.64. The normalized spacial score (nSPS) is 11.0. The topological polar surface area (TPSA) is 9.23 Å². The van der Waals surface area contributed by atoms with Gasteiger partial charge in [-0.2, -0.15) is 0 Å². The van der Waals surface area contributed by atoms with Gasteiger partial charge in [-0.3, -0.25) is 0 Å². The van der Waals surface area contributed by atoms with Crippen molar-refractivity contribution in [2.75, 3.05) is 7.11 Å². The highest BCUT2D eigenvalue weighted by molar-refractivity contribution is 6.95. The molecular formula is C19H8AlF9O. The first-order valence-corrected chi connectivity index (χ1v) is 9.80. The second kappa shape index (κ2) is 8.24. The summed E-state index contributed by atoms with van der Waals surface area (Å²) < 4.78 is 129. The Morgan fingerprint density at radius 2 is 0.933 bits per heavy atom. The fourth-order valence-electron chi connectivity index (χ4n) is 3.09. The van der Waals surface area contributed by atoms with Crippen molar-refractivity contribution in [1.29, 1.82) is 0 Å². The average Bonchev–Trinajstić information content (AvgIpc) is 2.62. The number of methoxy groups -OCH3 is 1. The van der Waals surface area contributed by atoms with Crippen molar-refractivity contribution in [1.82, 2.24) is 0 Å². The van der Waals surface area contributed by atoms with Crippen LogP contribution >= 0.6 is 0 Å². The summed E-state index contributed by atoms with van der Waals surface area (Å²) >= 11 is -4.56. The molecule has 1 nitrogen and oxygen atoms in total. The van der Waals surface area contributed by atoms with Gasteiger partial charge in [0.2, 0.25) is 0 Å². The highest BCUT2D eigenvalue weighted by Crippen LogP contribution is 2.21. The Morgan fingerprint density at radius 3 is 1.30 bits per heavy atom. The molecule has 0 fully saturated rings.